The summed E-state index contributed by atoms with van der Waals surface area (Å²) in [6, 6.07) is 8.14. The molecule has 2 aromatic rings. The molecule has 0 aliphatic heterocycles. The molecule has 158 valence electrons. The van der Waals surface area contributed by atoms with Gasteiger partial charge < -0.3 is 30.3 Å². The average molecular weight is 414 g/mol. The third kappa shape index (κ3) is 6.90. The summed E-state index contributed by atoms with van der Waals surface area (Å²) in [7, 11) is 0. The summed E-state index contributed by atoms with van der Waals surface area (Å²) in [5, 5.41) is 46.7. The van der Waals surface area contributed by atoms with Crippen molar-refractivity contribution in [1.82, 2.24) is 0 Å². The molecular weight excluding hydrogens is 392 g/mol. The fourth-order valence-corrected chi connectivity index (χ4v) is 2.52. The second-order valence-electron chi connectivity index (χ2n) is 6.43. The van der Waals surface area contributed by atoms with Gasteiger partial charge in [0, 0.05) is 11.6 Å². The zero-order valence-electron chi connectivity index (χ0n) is 16.0. The third-order valence-corrected chi connectivity index (χ3v) is 4.11. The molecule has 0 spiro atoms. The fourth-order valence-electron chi connectivity index (χ4n) is 2.52. The maximum absolute atomic E-state index is 11.7. The Morgan fingerprint density at radius 3 is 2.03 bits per heavy atom. The summed E-state index contributed by atoms with van der Waals surface area (Å²) in [4.78, 5) is 23.1. The molecule has 5 N–H and O–H groups in total. The summed E-state index contributed by atoms with van der Waals surface area (Å²) in [6.45, 7) is 0.108. The molecule has 0 atom stereocenters. The molecule has 0 amide bonds. The van der Waals surface area contributed by atoms with Crippen LogP contribution in [0, 0.1) is 0 Å². The first kappa shape index (κ1) is 22.4. The van der Waals surface area contributed by atoms with Gasteiger partial charge in [0.2, 0.25) is 0 Å². The van der Waals surface area contributed by atoms with Crippen LogP contribution in [-0.2, 0) is 14.3 Å². The minimum absolute atomic E-state index is 0.108. The van der Waals surface area contributed by atoms with Crippen molar-refractivity contribution >= 4 is 24.1 Å². The number of carbonyl (C=O) groups is 2. The number of unbranched alkanes of at least 4 members (excludes halogenated alkanes) is 1. The van der Waals surface area contributed by atoms with Crippen molar-refractivity contribution in [2.45, 2.75) is 19.3 Å². The maximum Gasteiger partial charge on any atom is 0.331 e. The number of carboxylic acid groups (broad SMARTS) is 1. The third-order valence-electron chi connectivity index (χ3n) is 4.11. The lowest BCUT2D eigenvalue weighted by Gasteiger charge is -2.05. The van der Waals surface area contributed by atoms with Gasteiger partial charge in [-0.25, -0.2) is 9.59 Å². The van der Waals surface area contributed by atoms with E-state index in [0.29, 0.717) is 24.0 Å². The van der Waals surface area contributed by atoms with Gasteiger partial charge in [0.05, 0.1) is 6.61 Å². The molecule has 0 aromatic heterocycles. The van der Waals surface area contributed by atoms with Crippen molar-refractivity contribution in [1.29, 1.82) is 0 Å². The second-order valence-corrected chi connectivity index (χ2v) is 6.43. The van der Waals surface area contributed by atoms with E-state index >= 15 is 0 Å². The average Bonchev–Trinajstić information content (AvgIpc) is 2.70. The number of hydrogen-bond donors (Lipinski definition) is 5. The van der Waals surface area contributed by atoms with E-state index in [2.05, 4.69) is 0 Å². The first-order valence-electron chi connectivity index (χ1n) is 9.09. The summed E-state index contributed by atoms with van der Waals surface area (Å²) < 4.78 is 5.04. The van der Waals surface area contributed by atoms with Crippen molar-refractivity contribution < 1.29 is 39.9 Å². The highest BCUT2D eigenvalue weighted by Gasteiger charge is 2.09. The van der Waals surface area contributed by atoms with Gasteiger partial charge in [-0.15, -0.1) is 0 Å². The first-order valence-corrected chi connectivity index (χ1v) is 9.09. The van der Waals surface area contributed by atoms with Crippen LogP contribution >= 0.6 is 0 Å². The number of phenolic OH excluding ortho intramolecular Hbond substituents is 4. The van der Waals surface area contributed by atoms with Crippen molar-refractivity contribution in [3.05, 3.63) is 59.2 Å². The Labute approximate surface area is 172 Å². The number of carboxylic acids is 1. The standard InChI is InChI=1S/C22H22O8/c23-17-7-4-14(12-19(17)25)6-9-21(27)30-10-2-1-3-16(22(28)29)11-15-5-8-18(24)20(26)13-15/h4-9,11-13,23-26H,1-3,10H2,(H,28,29)/b9-6+,16-11-. The van der Waals surface area contributed by atoms with E-state index < -0.39 is 11.9 Å². The zero-order chi connectivity index (χ0) is 22.1. The molecule has 0 saturated heterocycles. The summed E-state index contributed by atoms with van der Waals surface area (Å²) in [5.74, 6) is -2.86. The molecular formula is C22H22O8. The van der Waals surface area contributed by atoms with Crippen molar-refractivity contribution in [3.8, 4) is 23.0 Å². The molecule has 0 fully saturated rings. The van der Waals surface area contributed by atoms with Gasteiger partial charge in [-0.2, -0.15) is 0 Å². The minimum atomic E-state index is -1.10. The van der Waals surface area contributed by atoms with E-state index in [9.17, 15) is 35.1 Å². The van der Waals surface area contributed by atoms with Crippen LogP contribution in [0.4, 0.5) is 0 Å². The Balaban J connectivity index is 1.79. The van der Waals surface area contributed by atoms with Gasteiger partial charge in [0.25, 0.3) is 0 Å². The number of benzene rings is 2. The molecule has 0 aliphatic rings. The van der Waals surface area contributed by atoms with Crippen LogP contribution in [0.15, 0.2) is 48.0 Å². The number of ether oxygens (including phenoxy) is 1. The molecule has 0 radical (unpaired) electrons. The van der Waals surface area contributed by atoms with Crippen LogP contribution in [0.2, 0.25) is 0 Å². The Morgan fingerprint density at radius 2 is 1.43 bits per heavy atom. The lowest BCUT2D eigenvalue weighted by atomic mass is 10.0. The Hall–Kier alpha value is -3.94. The molecule has 0 saturated carbocycles. The van der Waals surface area contributed by atoms with Crippen LogP contribution in [0.25, 0.3) is 12.2 Å². The smallest absolute Gasteiger partial charge is 0.331 e. The largest absolute Gasteiger partial charge is 0.504 e. The number of aromatic hydroxyl groups is 4. The molecule has 0 unspecified atom stereocenters. The molecule has 0 bridgehead atoms. The van der Waals surface area contributed by atoms with Gasteiger partial charge in [0.1, 0.15) is 0 Å². The molecule has 2 rings (SSSR count). The predicted octanol–water partition coefficient (Wildman–Crippen LogP) is 3.40. The van der Waals surface area contributed by atoms with Gasteiger partial charge in [-0.3, -0.25) is 0 Å². The Bertz CT molecular complexity index is 975. The van der Waals surface area contributed by atoms with E-state index in [-0.39, 0.29) is 41.6 Å². The SMILES string of the molecule is O=C(/C=C/c1ccc(O)c(O)c1)OCCCC/C(=C/c1ccc(O)c(O)c1)C(=O)O. The van der Waals surface area contributed by atoms with E-state index in [4.69, 9.17) is 4.74 Å². The van der Waals surface area contributed by atoms with E-state index in [1.54, 1.807) is 0 Å². The number of rotatable bonds is 9. The highest BCUT2D eigenvalue weighted by atomic mass is 16.5. The van der Waals surface area contributed by atoms with Gasteiger partial charge in [-0.1, -0.05) is 12.1 Å². The number of hydrogen-bond acceptors (Lipinski definition) is 7. The molecule has 2 aromatic carbocycles. The Morgan fingerprint density at radius 1 is 0.833 bits per heavy atom. The first-order chi connectivity index (χ1) is 14.3. The maximum atomic E-state index is 11.7. The van der Waals surface area contributed by atoms with Crippen molar-refractivity contribution in [2.24, 2.45) is 0 Å². The quantitative estimate of drug-likeness (QED) is 0.182. The molecule has 0 heterocycles. The van der Waals surface area contributed by atoms with Crippen LogP contribution in [0.1, 0.15) is 30.4 Å². The Kier molecular flexibility index (Phi) is 7.87. The molecule has 30 heavy (non-hydrogen) atoms. The molecule has 8 heteroatoms. The summed E-state index contributed by atoms with van der Waals surface area (Å²) in [5.41, 5.74) is 1.08. The number of phenols is 4. The number of carbonyl (C=O) groups excluding carboxylic acids is 1. The zero-order valence-corrected chi connectivity index (χ0v) is 16.0. The lowest BCUT2D eigenvalue weighted by molar-refractivity contribution is -0.138. The number of esters is 1. The highest BCUT2D eigenvalue weighted by Crippen LogP contribution is 2.27. The normalized spacial score (nSPS) is 11.5. The van der Waals surface area contributed by atoms with Crippen LogP contribution < -0.4 is 0 Å². The monoisotopic (exact) mass is 414 g/mol. The van der Waals surface area contributed by atoms with Crippen LogP contribution in [0.3, 0.4) is 0 Å². The minimum Gasteiger partial charge on any atom is -0.504 e. The van der Waals surface area contributed by atoms with Crippen molar-refractivity contribution in [2.75, 3.05) is 6.61 Å². The van der Waals surface area contributed by atoms with E-state index in [1.807, 2.05) is 0 Å². The fraction of sp³-hybridized carbons (Fsp3) is 0.182. The van der Waals surface area contributed by atoms with Gasteiger partial charge >= 0.3 is 11.9 Å². The second kappa shape index (κ2) is 10.6. The van der Waals surface area contributed by atoms with Crippen LogP contribution in [-0.4, -0.2) is 44.1 Å². The molecule has 0 aliphatic carbocycles. The van der Waals surface area contributed by atoms with Crippen LogP contribution in [0.5, 0.6) is 23.0 Å². The summed E-state index contributed by atoms with van der Waals surface area (Å²) in [6.07, 6.45) is 5.17. The van der Waals surface area contributed by atoms with Gasteiger partial charge in [-0.05, 0) is 66.8 Å². The van der Waals surface area contributed by atoms with Gasteiger partial charge in [0.15, 0.2) is 23.0 Å². The topological polar surface area (TPSA) is 145 Å². The summed E-state index contributed by atoms with van der Waals surface area (Å²) >= 11 is 0. The predicted molar refractivity (Wildman–Crippen MR) is 109 cm³/mol. The molecule has 8 nitrogen and oxygen atoms in total. The van der Waals surface area contributed by atoms with E-state index in [1.165, 1.54) is 54.6 Å². The number of aliphatic carboxylic acids is 1. The lowest BCUT2D eigenvalue weighted by Crippen LogP contribution is -2.04. The van der Waals surface area contributed by atoms with E-state index in [0.717, 1.165) is 0 Å². The van der Waals surface area contributed by atoms with Crippen molar-refractivity contribution in [3.63, 3.8) is 0 Å². The highest BCUT2D eigenvalue weighted by molar-refractivity contribution is 5.92.